The van der Waals surface area contributed by atoms with E-state index in [4.69, 9.17) is 4.74 Å². The van der Waals surface area contributed by atoms with Gasteiger partial charge in [-0.2, -0.15) is 0 Å². The zero-order chi connectivity index (χ0) is 15.2. The van der Waals surface area contributed by atoms with Crippen molar-refractivity contribution in [2.45, 2.75) is 39.8 Å². The Labute approximate surface area is 127 Å². The highest BCUT2D eigenvalue weighted by Crippen LogP contribution is 2.25. The molecule has 1 N–H and O–H groups in total. The van der Waals surface area contributed by atoms with Gasteiger partial charge in [0.05, 0.1) is 12.7 Å². The van der Waals surface area contributed by atoms with Gasteiger partial charge in [-0.15, -0.1) is 0 Å². The number of anilines is 1. The summed E-state index contributed by atoms with van der Waals surface area (Å²) in [5.74, 6) is 0.441. The third-order valence-corrected chi connectivity index (χ3v) is 3.88. The third kappa shape index (κ3) is 4.42. The van der Waals surface area contributed by atoms with Gasteiger partial charge in [0.1, 0.15) is 5.82 Å². The van der Waals surface area contributed by atoms with Gasteiger partial charge in [-0.05, 0) is 31.0 Å². The molecule has 1 aliphatic rings. The Balaban J connectivity index is 2.12. The fourth-order valence-corrected chi connectivity index (χ4v) is 2.69. The molecule has 1 heterocycles. The highest BCUT2D eigenvalue weighted by Gasteiger charge is 2.22. The van der Waals surface area contributed by atoms with Gasteiger partial charge >= 0.3 is 0 Å². The van der Waals surface area contributed by atoms with Crippen molar-refractivity contribution in [1.29, 1.82) is 0 Å². The van der Waals surface area contributed by atoms with Crippen LogP contribution in [0.3, 0.4) is 0 Å². The van der Waals surface area contributed by atoms with E-state index < -0.39 is 0 Å². The minimum Gasteiger partial charge on any atom is -0.375 e. The van der Waals surface area contributed by atoms with Crippen molar-refractivity contribution in [3.05, 3.63) is 29.6 Å². The van der Waals surface area contributed by atoms with Crippen LogP contribution in [0.15, 0.2) is 18.2 Å². The van der Waals surface area contributed by atoms with Gasteiger partial charge in [-0.1, -0.05) is 26.8 Å². The van der Waals surface area contributed by atoms with E-state index >= 15 is 0 Å². The first-order valence-electron chi connectivity index (χ1n) is 7.96. The lowest BCUT2D eigenvalue weighted by Gasteiger charge is -2.35. The molecule has 118 valence electrons. The van der Waals surface area contributed by atoms with Crippen LogP contribution in [0.25, 0.3) is 0 Å². The van der Waals surface area contributed by atoms with Gasteiger partial charge in [0, 0.05) is 30.9 Å². The van der Waals surface area contributed by atoms with Crippen LogP contribution in [0, 0.1) is 11.7 Å². The molecule has 1 aliphatic heterocycles. The molecule has 0 spiro atoms. The maximum absolute atomic E-state index is 14.2. The van der Waals surface area contributed by atoms with E-state index in [2.05, 4.69) is 31.0 Å². The largest absolute Gasteiger partial charge is 0.375 e. The Hall–Kier alpha value is -1.13. The van der Waals surface area contributed by atoms with Crippen LogP contribution in [-0.2, 0) is 11.3 Å². The maximum Gasteiger partial charge on any atom is 0.129 e. The molecular formula is C17H27FN2O. The molecule has 0 amide bonds. The summed E-state index contributed by atoms with van der Waals surface area (Å²) in [6, 6.07) is 5.37. The fourth-order valence-electron chi connectivity index (χ4n) is 2.69. The van der Waals surface area contributed by atoms with E-state index in [-0.39, 0.29) is 11.9 Å². The Morgan fingerprint density at radius 3 is 2.95 bits per heavy atom. The number of hydrogen-bond donors (Lipinski definition) is 1. The second-order valence-electron chi connectivity index (χ2n) is 6.11. The van der Waals surface area contributed by atoms with Crippen molar-refractivity contribution in [3.8, 4) is 0 Å². The maximum atomic E-state index is 14.2. The normalized spacial score (nSPS) is 19.3. The predicted octanol–water partition coefficient (Wildman–Crippen LogP) is 3.19. The average molecular weight is 294 g/mol. The lowest BCUT2D eigenvalue weighted by molar-refractivity contribution is 0.0383. The summed E-state index contributed by atoms with van der Waals surface area (Å²) >= 11 is 0. The molecule has 4 heteroatoms. The van der Waals surface area contributed by atoms with Crippen molar-refractivity contribution < 1.29 is 9.13 Å². The van der Waals surface area contributed by atoms with Crippen LogP contribution in [0.1, 0.15) is 32.8 Å². The van der Waals surface area contributed by atoms with Gasteiger partial charge in [-0.3, -0.25) is 0 Å². The predicted molar refractivity (Wildman–Crippen MR) is 85.2 cm³/mol. The van der Waals surface area contributed by atoms with Crippen molar-refractivity contribution >= 4 is 5.69 Å². The number of rotatable bonds is 6. The van der Waals surface area contributed by atoms with E-state index in [9.17, 15) is 4.39 Å². The van der Waals surface area contributed by atoms with Crippen LogP contribution in [0.5, 0.6) is 0 Å². The van der Waals surface area contributed by atoms with Crippen LogP contribution >= 0.6 is 0 Å². The van der Waals surface area contributed by atoms with Crippen LogP contribution in [0.2, 0.25) is 0 Å². The molecule has 1 fully saturated rings. The highest BCUT2D eigenvalue weighted by molar-refractivity contribution is 5.54. The first kappa shape index (κ1) is 16.2. The Morgan fingerprint density at radius 1 is 1.43 bits per heavy atom. The van der Waals surface area contributed by atoms with E-state index in [0.717, 1.165) is 37.3 Å². The standard InChI is InChI=1S/C17H27FN2O/c1-4-14-12-20(8-9-21-14)17-7-5-6-16(18)15(17)11-19-10-13(2)3/h5-7,13-14,19H,4,8-12H2,1-3H3. The number of morpholine rings is 1. The Bertz CT molecular complexity index is 450. The first-order valence-corrected chi connectivity index (χ1v) is 7.96. The third-order valence-electron chi connectivity index (χ3n) is 3.88. The number of nitrogens with zero attached hydrogens (tertiary/aromatic N) is 1. The van der Waals surface area contributed by atoms with Crippen LogP contribution in [0.4, 0.5) is 10.1 Å². The van der Waals surface area contributed by atoms with Crippen LogP contribution in [-0.4, -0.2) is 32.3 Å². The average Bonchev–Trinajstić information content (AvgIpc) is 2.48. The number of ether oxygens (including phenoxy) is 1. The zero-order valence-corrected chi connectivity index (χ0v) is 13.4. The van der Waals surface area contributed by atoms with Crippen molar-refractivity contribution in [3.63, 3.8) is 0 Å². The van der Waals surface area contributed by atoms with Crippen molar-refractivity contribution in [2.75, 3.05) is 31.1 Å². The molecule has 0 bridgehead atoms. The highest BCUT2D eigenvalue weighted by atomic mass is 19.1. The van der Waals surface area contributed by atoms with E-state index in [1.54, 1.807) is 12.1 Å². The molecule has 1 saturated heterocycles. The monoisotopic (exact) mass is 294 g/mol. The topological polar surface area (TPSA) is 24.5 Å². The molecule has 3 nitrogen and oxygen atoms in total. The summed E-state index contributed by atoms with van der Waals surface area (Å²) in [6.07, 6.45) is 1.24. The Kier molecular flexibility index (Phi) is 6.00. The van der Waals surface area contributed by atoms with Gasteiger partial charge in [0.2, 0.25) is 0 Å². The molecule has 1 aromatic rings. The molecule has 0 aromatic heterocycles. The lowest BCUT2D eigenvalue weighted by atomic mass is 10.1. The van der Waals surface area contributed by atoms with Gasteiger partial charge in [0.25, 0.3) is 0 Å². The molecule has 1 unspecified atom stereocenters. The minimum absolute atomic E-state index is 0.122. The second-order valence-corrected chi connectivity index (χ2v) is 6.11. The van der Waals surface area contributed by atoms with Gasteiger partial charge < -0.3 is 15.0 Å². The second kappa shape index (κ2) is 7.76. The van der Waals surface area contributed by atoms with Crippen molar-refractivity contribution in [2.24, 2.45) is 5.92 Å². The van der Waals surface area contributed by atoms with Gasteiger partial charge in [0.15, 0.2) is 0 Å². The zero-order valence-electron chi connectivity index (χ0n) is 13.4. The van der Waals surface area contributed by atoms with Gasteiger partial charge in [-0.25, -0.2) is 4.39 Å². The number of halogens is 1. The molecule has 0 aliphatic carbocycles. The van der Waals surface area contributed by atoms with E-state index in [0.29, 0.717) is 19.1 Å². The molecule has 1 atom stereocenters. The van der Waals surface area contributed by atoms with E-state index in [1.807, 2.05) is 6.07 Å². The molecule has 1 aromatic carbocycles. The molecular weight excluding hydrogens is 267 g/mol. The summed E-state index contributed by atoms with van der Waals surface area (Å²) in [5.41, 5.74) is 1.78. The summed E-state index contributed by atoms with van der Waals surface area (Å²) in [4.78, 5) is 2.26. The summed E-state index contributed by atoms with van der Waals surface area (Å²) < 4.78 is 19.9. The number of hydrogen-bond acceptors (Lipinski definition) is 3. The number of nitrogens with one attached hydrogen (secondary N) is 1. The Morgan fingerprint density at radius 2 is 2.24 bits per heavy atom. The molecule has 0 radical (unpaired) electrons. The first-order chi connectivity index (χ1) is 10.1. The lowest BCUT2D eigenvalue weighted by Crippen LogP contribution is -2.42. The minimum atomic E-state index is -0.122. The smallest absolute Gasteiger partial charge is 0.129 e. The quantitative estimate of drug-likeness (QED) is 0.872. The molecule has 21 heavy (non-hydrogen) atoms. The molecule has 2 rings (SSSR count). The summed E-state index contributed by atoms with van der Waals surface area (Å²) in [6.45, 7) is 10.3. The number of benzene rings is 1. The SMILES string of the molecule is CCC1CN(c2cccc(F)c2CNCC(C)C)CCO1. The van der Waals surface area contributed by atoms with E-state index in [1.165, 1.54) is 0 Å². The molecule has 0 saturated carbocycles. The van der Waals surface area contributed by atoms with Crippen LogP contribution < -0.4 is 10.2 Å². The fraction of sp³-hybridized carbons (Fsp3) is 0.647. The summed E-state index contributed by atoms with van der Waals surface area (Å²) in [5, 5.41) is 3.35. The van der Waals surface area contributed by atoms with Crippen molar-refractivity contribution in [1.82, 2.24) is 5.32 Å². The summed E-state index contributed by atoms with van der Waals surface area (Å²) in [7, 11) is 0.